The van der Waals surface area contributed by atoms with E-state index in [-0.39, 0.29) is 36.3 Å². The van der Waals surface area contributed by atoms with Crippen molar-refractivity contribution in [2.24, 2.45) is 5.92 Å². The van der Waals surface area contributed by atoms with Gasteiger partial charge in [-0.3, -0.25) is 14.6 Å². The van der Waals surface area contributed by atoms with E-state index in [0.29, 0.717) is 31.1 Å². The Kier molecular flexibility index (Phi) is 7.86. The number of hydrogen-bond donors (Lipinski definition) is 1. The molecule has 0 bridgehead atoms. The SMILES string of the molecule is Cc1cc2c(cn1)CN(C(=O)c1c(C)ccn(CC3CCCNC3)c1=O)C2.Cl.Cl. The normalized spacial score (nSPS) is 17.9. The zero-order valence-electron chi connectivity index (χ0n) is 16.8. The lowest BCUT2D eigenvalue weighted by atomic mass is 9.99. The molecule has 1 unspecified atom stereocenters. The molecule has 0 aliphatic carbocycles. The molecule has 2 aromatic rings. The van der Waals surface area contributed by atoms with Gasteiger partial charge in [-0.2, -0.15) is 0 Å². The molecule has 4 rings (SSSR count). The number of aromatic nitrogens is 2. The molecule has 1 saturated heterocycles. The van der Waals surface area contributed by atoms with Gasteiger partial charge in [0.25, 0.3) is 11.5 Å². The Bertz CT molecular complexity index is 939. The minimum Gasteiger partial charge on any atom is -0.330 e. The molecule has 2 aliphatic rings. The predicted molar refractivity (Wildman–Crippen MR) is 118 cm³/mol. The van der Waals surface area contributed by atoms with E-state index in [1.807, 2.05) is 38.4 Å². The third-order valence-corrected chi connectivity index (χ3v) is 5.67. The van der Waals surface area contributed by atoms with Crippen LogP contribution in [0.4, 0.5) is 0 Å². The van der Waals surface area contributed by atoms with Crippen LogP contribution in [0.15, 0.2) is 29.3 Å². The highest BCUT2D eigenvalue weighted by molar-refractivity contribution is 5.95. The average molecular weight is 439 g/mol. The Morgan fingerprint density at radius 2 is 2.00 bits per heavy atom. The number of hydrogen-bond acceptors (Lipinski definition) is 4. The Hall–Kier alpha value is -1.89. The van der Waals surface area contributed by atoms with Crippen molar-refractivity contribution in [2.75, 3.05) is 13.1 Å². The van der Waals surface area contributed by atoms with E-state index in [4.69, 9.17) is 0 Å². The molecule has 2 aliphatic heterocycles. The Morgan fingerprint density at radius 1 is 1.24 bits per heavy atom. The fraction of sp³-hybridized carbons (Fsp3) is 0.476. The third-order valence-electron chi connectivity index (χ3n) is 5.67. The van der Waals surface area contributed by atoms with E-state index in [1.165, 1.54) is 0 Å². The number of aryl methyl sites for hydroxylation is 2. The number of carbonyl (C=O) groups excluding carboxylic acids is 1. The van der Waals surface area contributed by atoms with Crippen LogP contribution in [-0.4, -0.2) is 33.4 Å². The summed E-state index contributed by atoms with van der Waals surface area (Å²) in [6.45, 7) is 7.49. The molecule has 8 heteroatoms. The van der Waals surface area contributed by atoms with E-state index in [2.05, 4.69) is 10.3 Å². The van der Waals surface area contributed by atoms with Gasteiger partial charge in [0.05, 0.1) is 0 Å². The van der Waals surface area contributed by atoms with Gasteiger partial charge in [-0.25, -0.2) is 0 Å². The maximum Gasteiger partial charge on any atom is 0.263 e. The van der Waals surface area contributed by atoms with Crippen LogP contribution in [0, 0.1) is 19.8 Å². The van der Waals surface area contributed by atoms with Gasteiger partial charge in [0.2, 0.25) is 0 Å². The quantitative estimate of drug-likeness (QED) is 0.799. The molecule has 0 saturated carbocycles. The third kappa shape index (κ3) is 4.82. The first-order valence-electron chi connectivity index (χ1n) is 9.67. The van der Waals surface area contributed by atoms with Gasteiger partial charge in [0.1, 0.15) is 5.56 Å². The minimum atomic E-state index is -0.178. The van der Waals surface area contributed by atoms with Crippen molar-refractivity contribution in [1.82, 2.24) is 19.8 Å². The molecular formula is C21H28Cl2N4O2. The van der Waals surface area contributed by atoms with Crippen molar-refractivity contribution >= 4 is 30.7 Å². The molecular weight excluding hydrogens is 411 g/mol. The first-order valence-corrected chi connectivity index (χ1v) is 9.67. The highest BCUT2D eigenvalue weighted by atomic mass is 35.5. The molecule has 4 heterocycles. The van der Waals surface area contributed by atoms with Gasteiger partial charge in [-0.15, -0.1) is 24.8 Å². The molecule has 158 valence electrons. The highest BCUT2D eigenvalue weighted by Crippen LogP contribution is 2.24. The van der Waals surface area contributed by atoms with E-state index in [9.17, 15) is 9.59 Å². The number of pyridine rings is 2. The summed E-state index contributed by atoms with van der Waals surface area (Å²) in [5, 5.41) is 3.39. The molecule has 1 fully saturated rings. The Morgan fingerprint density at radius 3 is 2.72 bits per heavy atom. The maximum absolute atomic E-state index is 13.2. The number of halogens is 2. The van der Waals surface area contributed by atoms with Crippen molar-refractivity contribution in [2.45, 2.75) is 46.3 Å². The van der Waals surface area contributed by atoms with E-state index >= 15 is 0 Å². The number of nitrogens with zero attached hydrogens (tertiary/aromatic N) is 3. The monoisotopic (exact) mass is 438 g/mol. The lowest BCUT2D eigenvalue weighted by Gasteiger charge is -2.24. The topological polar surface area (TPSA) is 67.2 Å². The second-order valence-electron chi connectivity index (χ2n) is 7.80. The molecule has 1 N–H and O–H groups in total. The summed E-state index contributed by atoms with van der Waals surface area (Å²) in [5.41, 5.74) is 4.01. The van der Waals surface area contributed by atoms with Crippen LogP contribution in [0.3, 0.4) is 0 Å². The number of rotatable bonds is 3. The smallest absolute Gasteiger partial charge is 0.263 e. The van der Waals surface area contributed by atoms with Gasteiger partial charge in [-0.05, 0) is 74.5 Å². The van der Waals surface area contributed by atoms with Crippen LogP contribution < -0.4 is 10.9 Å². The fourth-order valence-corrected chi connectivity index (χ4v) is 4.13. The molecule has 0 aromatic carbocycles. The lowest BCUT2D eigenvalue weighted by Crippen LogP contribution is -2.38. The van der Waals surface area contributed by atoms with Gasteiger partial charge in [0, 0.05) is 37.7 Å². The average Bonchev–Trinajstić information content (AvgIpc) is 3.08. The first kappa shape index (κ1) is 23.4. The molecule has 1 atom stereocenters. The van der Waals surface area contributed by atoms with E-state index < -0.39 is 0 Å². The number of fused-ring (bicyclic) bond motifs is 1. The molecule has 0 spiro atoms. The fourth-order valence-electron chi connectivity index (χ4n) is 4.13. The lowest BCUT2D eigenvalue weighted by molar-refractivity contribution is 0.0748. The number of carbonyl (C=O) groups is 1. The number of piperidine rings is 1. The zero-order valence-corrected chi connectivity index (χ0v) is 18.4. The summed E-state index contributed by atoms with van der Waals surface area (Å²) in [6, 6.07) is 3.91. The van der Waals surface area contributed by atoms with Crippen molar-refractivity contribution in [3.05, 3.63) is 62.8 Å². The van der Waals surface area contributed by atoms with Crippen LogP contribution in [0.5, 0.6) is 0 Å². The number of nitrogens with one attached hydrogen (secondary N) is 1. The summed E-state index contributed by atoms with van der Waals surface area (Å²) < 4.78 is 1.72. The Balaban J connectivity index is 0.00000150. The summed E-state index contributed by atoms with van der Waals surface area (Å²) in [5.74, 6) is 0.259. The van der Waals surface area contributed by atoms with Crippen molar-refractivity contribution in [3.63, 3.8) is 0 Å². The number of amides is 1. The molecule has 0 radical (unpaired) electrons. The van der Waals surface area contributed by atoms with Crippen LogP contribution in [-0.2, 0) is 19.6 Å². The molecule has 29 heavy (non-hydrogen) atoms. The summed E-state index contributed by atoms with van der Waals surface area (Å²) in [4.78, 5) is 32.3. The Labute approximate surface area is 183 Å². The minimum absolute atomic E-state index is 0. The van der Waals surface area contributed by atoms with Crippen LogP contribution in [0.2, 0.25) is 0 Å². The molecule has 6 nitrogen and oxygen atoms in total. The summed E-state index contributed by atoms with van der Waals surface area (Å²) in [6.07, 6.45) is 5.92. The van der Waals surface area contributed by atoms with Gasteiger partial charge in [-0.1, -0.05) is 0 Å². The highest BCUT2D eigenvalue weighted by Gasteiger charge is 2.28. The van der Waals surface area contributed by atoms with Gasteiger partial charge >= 0.3 is 0 Å². The predicted octanol–water partition coefficient (Wildman–Crippen LogP) is 2.86. The second kappa shape index (κ2) is 9.74. The largest absolute Gasteiger partial charge is 0.330 e. The molecule has 2 aromatic heterocycles. The zero-order chi connectivity index (χ0) is 19.0. The summed E-state index contributed by atoms with van der Waals surface area (Å²) in [7, 11) is 0. The van der Waals surface area contributed by atoms with Crippen molar-refractivity contribution < 1.29 is 4.79 Å². The first-order chi connectivity index (χ1) is 13.0. The maximum atomic E-state index is 13.2. The van der Waals surface area contributed by atoms with Crippen LogP contribution >= 0.6 is 24.8 Å². The van der Waals surface area contributed by atoms with E-state index in [1.54, 1.807) is 9.47 Å². The van der Waals surface area contributed by atoms with Gasteiger partial charge in [0.15, 0.2) is 0 Å². The van der Waals surface area contributed by atoms with Crippen molar-refractivity contribution in [1.29, 1.82) is 0 Å². The second-order valence-corrected chi connectivity index (χ2v) is 7.80. The molecule has 1 amide bonds. The standard InChI is InChI=1S/C21H26N4O2.2ClH/c1-14-5-7-24(11-16-4-3-6-22-9-16)20(26)19(14)21(27)25-12-17-8-15(2)23-10-18(17)13-25;;/h5,7-8,10,16,22H,3-4,6,9,11-13H2,1-2H3;2*1H. The van der Waals surface area contributed by atoms with E-state index in [0.717, 1.165) is 48.3 Å². The van der Waals surface area contributed by atoms with Crippen molar-refractivity contribution in [3.8, 4) is 0 Å². The van der Waals surface area contributed by atoms with Crippen LogP contribution in [0.25, 0.3) is 0 Å². The van der Waals surface area contributed by atoms with Crippen LogP contribution in [0.1, 0.15) is 45.6 Å². The summed E-state index contributed by atoms with van der Waals surface area (Å²) >= 11 is 0. The van der Waals surface area contributed by atoms with Gasteiger partial charge < -0.3 is 14.8 Å².